The Bertz CT molecular complexity index is 1020. The van der Waals surface area contributed by atoms with Gasteiger partial charge in [-0.3, -0.25) is 14.9 Å². The molecule has 1 aromatic heterocycles. The number of aromatic nitrogens is 1. The van der Waals surface area contributed by atoms with E-state index in [1.807, 2.05) is 12.1 Å². The van der Waals surface area contributed by atoms with Crippen molar-refractivity contribution in [2.24, 2.45) is 5.92 Å². The van der Waals surface area contributed by atoms with Crippen LogP contribution in [0.4, 0.5) is 10.8 Å². The molecule has 6 nitrogen and oxygen atoms in total. The van der Waals surface area contributed by atoms with Gasteiger partial charge in [0.1, 0.15) is 5.75 Å². The molecule has 0 spiro atoms. The fraction of sp³-hybridized carbons (Fsp3) is 0.211. The summed E-state index contributed by atoms with van der Waals surface area (Å²) in [5.41, 5.74) is 1.44. The molecule has 0 radical (unpaired) electrons. The maximum absolute atomic E-state index is 12.1. The summed E-state index contributed by atoms with van der Waals surface area (Å²) in [5, 5.41) is 6.69. The largest absolute Gasteiger partial charge is 0.484 e. The van der Waals surface area contributed by atoms with E-state index in [0.29, 0.717) is 21.6 Å². The lowest BCUT2D eigenvalue weighted by Crippen LogP contribution is -2.20. The molecule has 1 heterocycles. The van der Waals surface area contributed by atoms with Gasteiger partial charge >= 0.3 is 0 Å². The summed E-state index contributed by atoms with van der Waals surface area (Å²) in [5.74, 6) is 0.354. The Kier molecular flexibility index (Phi) is 4.96. The fourth-order valence-electron chi connectivity index (χ4n) is 2.51. The molecule has 0 aliphatic heterocycles. The third-order valence-electron chi connectivity index (χ3n) is 4.02. The van der Waals surface area contributed by atoms with E-state index in [-0.39, 0.29) is 24.3 Å². The van der Waals surface area contributed by atoms with Crippen LogP contribution in [-0.2, 0) is 9.59 Å². The molecule has 4 rings (SSSR count). The molecule has 2 amide bonds. The molecule has 0 bridgehead atoms. The lowest BCUT2D eigenvalue weighted by atomic mass is 10.3. The average molecular weight is 402 g/mol. The van der Waals surface area contributed by atoms with Crippen molar-refractivity contribution in [2.45, 2.75) is 12.8 Å². The Balaban J connectivity index is 1.33. The number of halogens is 1. The van der Waals surface area contributed by atoms with Crippen molar-refractivity contribution < 1.29 is 14.3 Å². The molecule has 8 heteroatoms. The van der Waals surface area contributed by atoms with E-state index in [2.05, 4.69) is 15.6 Å². The van der Waals surface area contributed by atoms with E-state index < -0.39 is 0 Å². The molecule has 27 heavy (non-hydrogen) atoms. The van der Waals surface area contributed by atoms with Gasteiger partial charge in [-0.05, 0) is 43.2 Å². The number of thiazole rings is 1. The number of nitrogens with one attached hydrogen (secondary N) is 2. The van der Waals surface area contributed by atoms with Crippen molar-refractivity contribution in [2.75, 3.05) is 17.2 Å². The number of hydrogen-bond acceptors (Lipinski definition) is 5. The van der Waals surface area contributed by atoms with Gasteiger partial charge in [-0.1, -0.05) is 29.0 Å². The van der Waals surface area contributed by atoms with Crippen LogP contribution in [-0.4, -0.2) is 23.4 Å². The predicted molar refractivity (Wildman–Crippen MR) is 107 cm³/mol. The van der Waals surface area contributed by atoms with Crippen LogP contribution >= 0.6 is 22.9 Å². The van der Waals surface area contributed by atoms with E-state index in [9.17, 15) is 9.59 Å². The fourth-order valence-corrected chi connectivity index (χ4v) is 3.67. The van der Waals surface area contributed by atoms with Gasteiger partial charge in [-0.2, -0.15) is 0 Å². The number of benzene rings is 2. The summed E-state index contributed by atoms with van der Waals surface area (Å²) in [6.07, 6.45) is 1.89. The molecular weight excluding hydrogens is 386 g/mol. The van der Waals surface area contributed by atoms with Crippen molar-refractivity contribution in [3.05, 3.63) is 47.5 Å². The molecule has 1 saturated carbocycles. The Morgan fingerprint density at radius 3 is 2.85 bits per heavy atom. The van der Waals surface area contributed by atoms with E-state index >= 15 is 0 Å². The number of ether oxygens (including phenoxy) is 1. The molecule has 0 saturated heterocycles. The topological polar surface area (TPSA) is 80.3 Å². The summed E-state index contributed by atoms with van der Waals surface area (Å²) < 4.78 is 6.42. The average Bonchev–Trinajstić information content (AvgIpc) is 3.42. The Morgan fingerprint density at radius 1 is 1.19 bits per heavy atom. The van der Waals surface area contributed by atoms with Crippen molar-refractivity contribution in [3.8, 4) is 5.75 Å². The van der Waals surface area contributed by atoms with Crippen molar-refractivity contribution in [1.29, 1.82) is 0 Å². The normalized spacial score (nSPS) is 13.4. The van der Waals surface area contributed by atoms with Crippen molar-refractivity contribution >= 4 is 55.8 Å². The maximum atomic E-state index is 12.1. The number of carbonyl (C=O) groups is 2. The van der Waals surface area contributed by atoms with Crippen LogP contribution in [0.5, 0.6) is 5.75 Å². The minimum atomic E-state index is -0.312. The number of hydrogen-bond donors (Lipinski definition) is 2. The van der Waals surface area contributed by atoms with Crippen LogP contribution in [0, 0.1) is 5.92 Å². The standard InChI is InChI=1S/C19H16ClN3O3S/c20-12-6-7-15-16(8-12)27-19(22-15)23-17(24)10-26-14-3-1-2-13(9-14)21-18(25)11-4-5-11/h1-3,6-9,11H,4-5,10H2,(H,21,25)(H,22,23,24). The first kappa shape index (κ1) is 17.8. The van der Waals surface area contributed by atoms with Crippen LogP contribution in [0.1, 0.15) is 12.8 Å². The van der Waals surface area contributed by atoms with Crippen LogP contribution < -0.4 is 15.4 Å². The molecule has 1 aliphatic carbocycles. The summed E-state index contributed by atoms with van der Waals surface area (Å²) in [6.45, 7) is -0.156. The van der Waals surface area contributed by atoms with E-state index in [4.69, 9.17) is 16.3 Å². The van der Waals surface area contributed by atoms with Crippen LogP contribution in [0.25, 0.3) is 10.2 Å². The van der Waals surface area contributed by atoms with Gasteiger partial charge in [0.2, 0.25) is 5.91 Å². The number of rotatable bonds is 6. The SMILES string of the molecule is O=C(COc1cccc(NC(=O)C2CC2)c1)Nc1nc2ccc(Cl)cc2s1. The molecule has 2 aromatic carbocycles. The second-order valence-corrected chi connectivity index (χ2v) is 7.73. The highest BCUT2D eigenvalue weighted by Gasteiger charge is 2.29. The molecule has 1 fully saturated rings. The molecule has 0 unspecified atom stereocenters. The number of nitrogens with zero attached hydrogens (tertiary/aromatic N) is 1. The maximum Gasteiger partial charge on any atom is 0.264 e. The molecule has 0 atom stereocenters. The van der Waals surface area contributed by atoms with E-state index in [1.54, 1.807) is 30.3 Å². The first-order valence-electron chi connectivity index (χ1n) is 8.46. The zero-order valence-corrected chi connectivity index (χ0v) is 15.8. The van der Waals surface area contributed by atoms with Crippen LogP contribution in [0.15, 0.2) is 42.5 Å². The zero-order chi connectivity index (χ0) is 18.8. The number of fused-ring (bicyclic) bond motifs is 1. The van der Waals surface area contributed by atoms with Gasteiger partial charge in [0.15, 0.2) is 11.7 Å². The zero-order valence-electron chi connectivity index (χ0n) is 14.2. The summed E-state index contributed by atoms with van der Waals surface area (Å²) in [4.78, 5) is 28.3. The predicted octanol–water partition coefficient (Wildman–Crippen LogP) is 4.32. The number of carbonyl (C=O) groups excluding carboxylic acids is 2. The molecule has 1 aliphatic rings. The minimum absolute atomic E-state index is 0.0285. The second-order valence-electron chi connectivity index (χ2n) is 6.26. The van der Waals surface area contributed by atoms with Crippen molar-refractivity contribution in [1.82, 2.24) is 4.98 Å². The van der Waals surface area contributed by atoms with E-state index in [0.717, 1.165) is 23.1 Å². The third-order valence-corrected chi connectivity index (χ3v) is 5.19. The van der Waals surface area contributed by atoms with Gasteiger partial charge < -0.3 is 10.1 Å². The van der Waals surface area contributed by atoms with Gasteiger partial charge in [0.05, 0.1) is 10.2 Å². The monoisotopic (exact) mass is 401 g/mol. The highest BCUT2D eigenvalue weighted by atomic mass is 35.5. The Hall–Kier alpha value is -2.64. The lowest BCUT2D eigenvalue weighted by molar-refractivity contribution is -0.118. The lowest BCUT2D eigenvalue weighted by Gasteiger charge is -2.08. The second kappa shape index (κ2) is 7.54. The smallest absolute Gasteiger partial charge is 0.264 e. The van der Waals surface area contributed by atoms with Crippen LogP contribution in [0.3, 0.4) is 0 Å². The first-order valence-corrected chi connectivity index (χ1v) is 9.66. The van der Waals surface area contributed by atoms with Gasteiger partial charge in [-0.25, -0.2) is 4.98 Å². The molecule has 138 valence electrons. The Labute approximate surface area is 164 Å². The van der Waals surface area contributed by atoms with E-state index in [1.165, 1.54) is 11.3 Å². The first-order chi connectivity index (χ1) is 13.1. The summed E-state index contributed by atoms with van der Waals surface area (Å²) in [7, 11) is 0. The highest BCUT2D eigenvalue weighted by Crippen LogP contribution is 2.31. The molecule has 3 aromatic rings. The highest BCUT2D eigenvalue weighted by molar-refractivity contribution is 7.22. The number of anilines is 2. The Morgan fingerprint density at radius 2 is 2.04 bits per heavy atom. The van der Waals surface area contributed by atoms with Crippen molar-refractivity contribution in [3.63, 3.8) is 0 Å². The summed E-state index contributed by atoms with van der Waals surface area (Å²) >= 11 is 7.31. The molecule has 2 N–H and O–H groups in total. The third kappa shape index (κ3) is 4.56. The quantitative estimate of drug-likeness (QED) is 0.644. The van der Waals surface area contributed by atoms with Gasteiger partial charge in [0.25, 0.3) is 5.91 Å². The van der Waals surface area contributed by atoms with Gasteiger partial charge in [0, 0.05) is 22.7 Å². The molecular formula is C19H16ClN3O3S. The van der Waals surface area contributed by atoms with Gasteiger partial charge in [-0.15, -0.1) is 0 Å². The minimum Gasteiger partial charge on any atom is -0.484 e. The number of amides is 2. The van der Waals surface area contributed by atoms with Crippen LogP contribution in [0.2, 0.25) is 5.02 Å². The summed E-state index contributed by atoms with van der Waals surface area (Å²) in [6, 6.07) is 12.4.